The van der Waals surface area contributed by atoms with Crippen molar-refractivity contribution in [3.63, 3.8) is 0 Å². The molecule has 1 aromatic heterocycles. The molecule has 0 saturated carbocycles. The maximum absolute atomic E-state index is 12.7. The monoisotopic (exact) mass is 329 g/mol. The van der Waals surface area contributed by atoms with Gasteiger partial charge in [-0.1, -0.05) is 37.3 Å². The Morgan fingerprint density at radius 2 is 2.00 bits per heavy atom. The largest absolute Gasteiger partial charge is 0.358 e. The van der Waals surface area contributed by atoms with E-state index in [0.717, 1.165) is 12.1 Å². The van der Waals surface area contributed by atoms with Crippen LogP contribution in [-0.4, -0.2) is 47.1 Å². The third-order valence-corrected chi connectivity index (χ3v) is 3.79. The fourth-order valence-electron chi connectivity index (χ4n) is 2.38. The molecule has 2 rings (SSSR count). The molecule has 0 spiro atoms. The summed E-state index contributed by atoms with van der Waals surface area (Å²) in [6, 6.07) is 9.24. The number of benzene rings is 1. The first-order valence-electron chi connectivity index (χ1n) is 7.84. The molecule has 2 N–H and O–H groups in total. The summed E-state index contributed by atoms with van der Waals surface area (Å²) in [4.78, 5) is 26.1. The summed E-state index contributed by atoms with van der Waals surface area (Å²) in [6.07, 6.45) is 3.18. The van der Waals surface area contributed by atoms with Crippen LogP contribution in [0.2, 0.25) is 0 Å². The van der Waals surface area contributed by atoms with Gasteiger partial charge >= 0.3 is 0 Å². The van der Waals surface area contributed by atoms with E-state index >= 15 is 0 Å². The van der Waals surface area contributed by atoms with E-state index in [1.54, 1.807) is 13.2 Å². The van der Waals surface area contributed by atoms with Gasteiger partial charge in [-0.05, 0) is 19.2 Å². The number of carbonyl (C=O) groups is 2. The third kappa shape index (κ3) is 4.42. The summed E-state index contributed by atoms with van der Waals surface area (Å²) in [5, 5.41) is 9.49. The molecule has 1 aromatic carbocycles. The van der Waals surface area contributed by atoms with E-state index in [2.05, 4.69) is 15.7 Å². The predicted octanol–water partition coefficient (Wildman–Crippen LogP) is 1.26. The van der Waals surface area contributed by atoms with Crippen molar-refractivity contribution < 1.29 is 9.59 Å². The smallest absolute Gasteiger partial charge is 0.246 e. The first kappa shape index (κ1) is 17.7. The minimum absolute atomic E-state index is 0.114. The van der Waals surface area contributed by atoms with Crippen LogP contribution in [0.3, 0.4) is 0 Å². The predicted molar refractivity (Wildman–Crippen MR) is 92.4 cm³/mol. The Bertz CT molecular complexity index is 683. The fraction of sp³-hybridized carbons (Fsp3) is 0.353. The second-order valence-corrected chi connectivity index (χ2v) is 5.48. The lowest BCUT2D eigenvalue weighted by Crippen LogP contribution is -2.34. The average molecular weight is 329 g/mol. The van der Waals surface area contributed by atoms with Crippen LogP contribution in [0.25, 0.3) is 0 Å². The molecule has 0 aliphatic carbocycles. The molecule has 7 heteroatoms. The normalized spacial score (nSPS) is 12.0. The molecule has 2 aromatic rings. The molecule has 2 amide bonds. The molecule has 1 atom stereocenters. The fourth-order valence-corrected chi connectivity index (χ4v) is 2.38. The minimum Gasteiger partial charge on any atom is -0.358 e. The highest BCUT2D eigenvalue weighted by Crippen LogP contribution is 2.21. The zero-order valence-corrected chi connectivity index (χ0v) is 14.2. The van der Waals surface area contributed by atoms with Gasteiger partial charge in [-0.2, -0.15) is 5.10 Å². The van der Waals surface area contributed by atoms with Gasteiger partial charge in [0.05, 0.1) is 11.9 Å². The zero-order valence-electron chi connectivity index (χ0n) is 14.2. The Hall–Kier alpha value is -2.67. The number of anilines is 1. The lowest BCUT2D eigenvalue weighted by molar-refractivity contribution is -0.121. The average Bonchev–Trinajstić information content (AvgIpc) is 3.02. The van der Waals surface area contributed by atoms with Crippen molar-refractivity contribution in [3.05, 3.63) is 48.3 Å². The molecular formula is C17H23N5O2. The zero-order chi connectivity index (χ0) is 17.5. The molecular weight excluding hydrogens is 306 g/mol. The molecule has 0 fully saturated rings. The molecule has 0 aliphatic rings. The Balaban J connectivity index is 2.12. The number of hydrogen-bond acceptors (Lipinski definition) is 4. The Morgan fingerprint density at radius 1 is 1.29 bits per heavy atom. The van der Waals surface area contributed by atoms with Crippen LogP contribution < -0.4 is 10.6 Å². The molecule has 0 aliphatic heterocycles. The molecule has 7 nitrogen and oxygen atoms in total. The van der Waals surface area contributed by atoms with E-state index in [1.807, 2.05) is 49.2 Å². The number of rotatable bonds is 7. The van der Waals surface area contributed by atoms with Crippen LogP contribution in [0.1, 0.15) is 18.5 Å². The molecule has 0 unspecified atom stereocenters. The number of amides is 2. The number of nitrogens with zero attached hydrogens (tertiary/aromatic N) is 3. The van der Waals surface area contributed by atoms with Crippen molar-refractivity contribution >= 4 is 17.5 Å². The molecule has 24 heavy (non-hydrogen) atoms. The SMILES string of the molecule is CCN(C)[C@@H](C(=O)Nc1cnn(CC(=O)NC)c1)c1ccccc1. The van der Waals surface area contributed by atoms with Gasteiger partial charge in [0.2, 0.25) is 11.8 Å². The van der Waals surface area contributed by atoms with Crippen LogP contribution in [0.4, 0.5) is 5.69 Å². The highest BCUT2D eigenvalue weighted by Gasteiger charge is 2.24. The van der Waals surface area contributed by atoms with Crippen molar-refractivity contribution in [2.45, 2.75) is 19.5 Å². The summed E-state index contributed by atoms with van der Waals surface area (Å²) < 4.78 is 1.48. The molecule has 1 heterocycles. The number of hydrogen-bond donors (Lipinski definition) is 2. The van der Waals surface area contributed by atoms with Crippen LogP contribution in [-0.2, 0) is 16.1 Å². The van der Waals surface area contributed by atoms with Crippen molar-refractivity contribution in [1.82, 2.24) is 20.0 Å². The number of carbonyl (C=O) groups excluding carboxylic acids is 2. The van der Waals surface area contributed by atoms with E-state index in [-0.39, 0.29) is 18.4 Å². The van der Waals surface area contributed by atoms with Gasteiger partial charge in [0, 0.05) is 13.2 Å². The lowest BCUT2D eigenvalue weighted by Gasteiger charge is -2.26. The second kappa shape index (κ2) is 8.26. The summed E-state index contributed by atoms with van der Waals surface area (Å²) in [7, 11) is 3.48. The van der Waals surface area contributed by atoms with Gasteiger partial charge in [-0.15, -0.1) is 0 Å². The Labute approximate surface area is 141 Å². The van der Waals surface area contributed by atoms with Gasteiger partial charge in [-0.25, -0.2) is 0 Å². The van der Waals surface area contributed by atoms with E-state index < -0.39 is 6.04 Å². The molecule has 128 valence electrons. The van der Waals surface area contributed by atoms with Crippen LogP contribution in [0.5, 0.6) is 0 Å². The number of nitrogens with one attached hydrogen (secondary N) is 2. The first-order valence-corrected chi connectivity index (χ1v) is 7.84. The maximum atomic E-state index is 12.7. The Morgan fingerprint density at radius 3 is 2.62 bits per heavy atom. The topological polar surface area (TPSA) is 79.3 Å². The van der Waals surface area contributed by atoms with Crippen molar-refractivity contribution in [1.29, 1.82) is 0 Å². The van der Waals surface area contributed by atoms with Crippen molar-refractivity contribution in [3.8, 4) is 0 Å². The lowest BCUT2D eigenvalue weighted by atomic mass is 10.0. The van der Waals surface area contributed by atoms with E-state index in [4.69, 9.17) is 0 Å². The van der Waals surface area contributed by atoms with Crippen molar-refractivity contribution in [2.75, 3.05) is 26.0 Å². The van der Waals surface area contributed by atoms with Crippen LogP contribution >= 0.6 is 0 Å². The highest BCUT2D eigenvalue weighted by atomic mass is 16.2. The van der Waals surface area contributed by atoms with Gasteiger partial charge in [0.1, 0.15) is 12.6 Å². The third-order valence-electron chi connectivity index (χ3n) is 3.79. The van der Waals surface area contributed by atoms with Gasteiger partial charge < -0.3 is 10.6 Å². The summed E-state index contributed by atoms with van der Waals surface area (Å²) in [5.41, 5.74) is 1.49. The van der Waals surface area contributed by atoms with Gasteiger partial charge in [-0.3, -0.25) is 19.2 Å². The second-order valence-electron chi connectivity index (χ2n) is 5.48. The molecule has 0 bridgehead atoms. The standard InChI is InChI=1S/C17H23N5O2/c1-4-21(3)16(13-8-6-5-7-9-13)17(24)20-14-10-19-22(11-14)12-15(23)18-2/h5-11,16H,4,12H2,1-3H3,(H,18,23)(H,20,24)/t16-/m1/s1. The van der Waals surface area contributed by atoms with Gasteiger partial charge in [0.25, 0.3) is 0 Å². The summed E-state index contributed by atoms with van der Waals surface area (Å²) in [5.74, 6) is -0.283. The Kier molecular flexibility index (Phi) is 6.08. The summed E-state index contributed by atoms with van der Waals surface area (Å²) >= 11 is 0. The quantitative estimate of drug-likeness (QED) is 0.801. The van der Waals surface area contributed by atoms with Crippen LogP contribution in [0.15, 0.2) is 42.7 Å². The minimum atomic E-state index is -0.390. The molecule has 0 radical (unpaired) electrons. The van der Waals surface area contributed by atoms with Gasteiger partial charge in [0.15, 0.2) is 0 Å². The maximum Gasteiger partial charge on any atom is 0.246 e. The first-order chi connectivity index (χ1) is 11.5. The van der Waals surface area contributed by atoms with E-state index in [9.17, 15) is 9.59 Å². The van der Waals surface area contributed by atoms with Crippen LogP contribution in [0, 0.1) is 0 Å². The summed E-state index contributed by atoms with van der Waals surface area (Å²) in [6.45, 7) is 2.86. The number of likely N-dealkylation sites (N-methyl/N-ethyl adjacent to an activating group) is 2. The van der Waals surface area contributed by atoms with E-state index in [0.29, 0.717) is 5.69 Å². The van der Waals surface area contributed by atoms with Crippen molar-refractivity contribution in [2.24, 2.45) is 0 Å². The van der Waals surface area contributed by atoms with E-state index in [1.165, 1.54) is 10.9 Å². The highest BCUT2D eigenvalue weighted by molar-refractivity contribution is 5.95. The number of aromatic nitrogens is 2. The molecule has 0 saturated heterocycles.